The van der Waals surface area contributed by atoms with E-state index in [2.05, 4.69) is 59.9 Å². The highest BCUT2D eigenvalue weighted by Crippen LogP contribution is 2.53. The maximum Gasteiger partial charge on any atom is 0.142 e. The molecule has 0 saturated carbocycles. The number of para-hydroxylation sites is 2. The fourth-order valence-electron chi connectivity index (χ4n) is 4.98. The first kappa shape index (κ1) is 21.6. The van der Waals surface area contributed by atoms with Crippen molar-refractivity contribution in [1.29, 1.82) is 0 Å². The number of hydrogen-bond acceptors (Lipinski definition) is 4. The maximum atomic E-state index is 6.33. The smallest absolute Gasteiger partial charge is 0.142 e. The van der Waals surface area contributed by atoms with Crippen LogP contribution in [0.4, 0.5) is 5.69 Å². The molecule has 0 radical (unpaired) electrons. The lowest BCUT2D eigenvalue weighted by Gasteiger charge is -2.38. The number of rotatable bonds is 9. The van der Waals surface area contributed by atoms with Gasteiger partial charge in [-0.3, -0.25) is 0 Å². The zero-order valence-electron chi connectivity index (χ0n) is 19.1. The molecule has 1 aliphatic carbocycles. The number of hydrogen-bond donors (Lipinski definition) is 1. The van der Waals surface area contributed by atoms with Crippen molar-refractivity contribution in [3.05, 3.63) is 102 Å². The number of ether oxygens (including phenoxy) is 3. The van der Waals surface area contributed by atoms with E-state index in [1.807, 2.05) is 37.3 Å². The summed E-state index contributed by atoms with van der Waals surface area (Å²) in [6.07, 6.45) is 5.72. The summed E-state index contributed by atoms with van der Waals surface area (Å²) in [5.41, 5.74) is 4.76. The summed E-state index contributed by atoms with van der Waals surface area (Å²) in [6.45, 7) is 4.38. The molecule has 4 heteroatoms. The van der Waals surface area contributed by atoms with Crippen molar-refractivity contribution in [2.45, 2.75) is 31.9 Å². The third-order valence-electron chi connectivity index (χ3n) is 6.54. The van der Waals surface area contributed by atoms with Crippen molar-refractivity contribution in [1.82, 2.24) is 0 Å². The minimum Gasteiger partial charge on any atom is -0.489 e. The second-order valence-corrected chi connectivity index (χ2v) is 8.55. The van der Waals surface area contributed by atoms with Crippen LogP contribution in [0.1, 0.15) is 42.0 Å². The van der Waals surface area contributed by atoms with Gasteiger partial charge in [0, 0.05) is 18.1 Å². The molecule has 3 aromatic carbocycles. The zero-order valence-corrected chi connectivity index (χ0v) is 19.1. The van der Waals surface area contributed by atoms with Crippen molar-refractivity contribution >= 4 is 5.69 Å². The van der Waals surface area contributed by atoms with Crippen molar-refractivity contribution in [2.75, 3.05) is 25.1 Å². The van der Waals surface area contributed by atoms with Gasteiger partial charge in [0.15, 0.2) is 0 Å². The molecule has 0 bridgehead atoms. The Kier molecular flexibility index (Phi) is 6.63. The molecule has 3 unspecified atom stereocenters. The van der Waals surface area contributed by atoms with Crippen LogP contribution < -0.4 is 14.8 Å². The number of nitrogens with one attached hydrogen (secondary N) is 1. The third-order valence-corrected chi connectivity index (χ3v) is 6.54. The van der Waals surface area contributed by atoms with E-state index in [0.717, 1.165) is 23.6 Å². The van der Waals surface area contributed by atoms with Crippen LogP contribution in [0.15, 0.2) is 84.9 Å². The fraction of sp³-hybridized carbons (Fsp3) is 0.310. The maximum absolute atomic E-state index is 6.33. The van der Waals surface area contributed by atoms with Gasteiger partial charge in [-0.25, -0.2) is 0 Å². The first-order chi connectivity index (χ1) is 16.3. The van der Waals surface area contributed by atoms with Crippen LogP contribution in [-0.4, -0.2) is 19.8 Å². The number of fused-ring (bicyclic) bond motifs is 3. The van der Waals surface area contributed by atoms with Gasteiger partial charge in [-0.2, -0.15) is 0 Å². The molecule has 2 aliphatic rings. The van der Waals surface area contributed by atoms with Crippen LogP contribution in [0.25, 0.3) is 0 Å². The highest BCUT2D eigenvalue weighted by molar-refractivity contribution is 5.68. The van der Waals surface area contributed by atoms with Gasteiger partial charge in [-0.1, -0.05) is 72.8 Å². The van der Waals surface area contributed by atoms with Gasteiger partial charge in [0.1, 0.15) is 24.7 Å². The largest absolute Gasteiger partial charge is 0.489 e. The molecule has 0 amide bonds. The minimum absolute atomic E-state index is 0.140. The number of benzene rings is 3. The van der Waals surface area contributed by atoms with E-state index in [9.17, 15) is 0 Å². The second kappa shape index (κ2) is 10.1. The van der Waals surface area contributed by atoms with E-state index in [1.54, 1.807) is 0 Å². The van der Waals surface area contributed by atoms with Crippen LogP contribution >= 0.6 is 0 Å². The van der Waals surface area contributed by atoms with Crippen molar-refractivity contribution < 1.29 is 14.2 Å². The molecule has 33 heavy (non-hydrogen) atoms. The molecule has 0 saturated heterocycles. The van der Waals surface area contributed by atoms with Crippen molar-refractivity contribution in [3.8, 4) is 11.5 Å². The molecule has 0 fully saturated rings. The fourth-order valence-corrected chi connectivity index (χ4v) is 4.98. The molecule has 0 aromatic heterocycles. The zero-order chi connectivity index (χ0) is 22.5. The first-order valence-corrected chi connectivity index (χ1v) is 11.9. The summed E-state index contributed by atoms with van der Waals surface area (Å²) in [7, 11) is 0. The molecular formula is C29H31NO3. The van der Waals surface area contributed by atoms with Gasteiger partial charge < -0.3 is 19.5 Å². The monoisotopic (exact) mass is 441 g/mol. The molecule has 3 atom stereocenters. The van der Waals surface area contributed by atoms with Gasteiger partial charge in [0.05, 0.1) is 18.3 Å². The SMILES string of the molecule is CCOCCOc1cccc2c1NC(c1ccccc1OCc1ccccc1)C1CC=CC21. The Morgan fingerprint density at radius 3 is 2.48 bits per heavy atom. The molecule has 170 valence electrons. The predicted molar refractivity (Wildman–Crippen MR) is 132 cm³/mol. The molecule has 1 heterocycles. The quantitative estimate of drug-likeness (QED) is 0.304. The highest BCUT2D eigenvalue weighted by Gasteiger charge is 2.40. The lowest BCUT2D eigenvalue weighted by atomic mass is 9.76. The molecular weight excluding hydrogens is 410 g/mol. The summed E-state index contributed by atoms with van der Waals surface area (Å²) in [5, 5.41) is 3.85. The van der Waals surface area contributed by atoms with E-state index in [4.69, 9.17) is 14.2 Å². The van der Waals surface area contributed by atoms with Gasteiger partial charge >= 0.3 is 0 Å². The van der Waals surface area contributed by atoms with Crippen LogP contribution in [0.3, 0.4) is 0 Å². The Balaban J connectivity index is 1.43. The molecule has 5 rings (SSSR count). The Morgan fingerprint density at radius 2 is 1.61 bits per heavy atom. The second-order valence-electron chi connectivity index (χ2n) is 8.55. The molecule has 0 spiro atoms. The first-order valence-electron chi connectivity index (χ1n) is 11.9. The summed E-state index contributed by atoms with van der Waals surface area (Å²) >= 11 is 0. The number of allylic oxidation sites excluding steroid dienone is 2. The van der Waals surface area contributed by atoms with Gasteiger partial charge in [0.2, 0.25) is 0 Å². The van der Waals surface area contributed by atoms with Crippen molar-refractivity contribution in [2.24, 2.45) is 5.92 Å². The van der Waals surface area contributed by atoms with Crippen LogP contribution in [0, 0.1) is 5.92 Å². The van der Waals surface area contributed by atoms with E-state index < -0.39 is 0 Å². The summed E-state index contributed by atoms with van der Waals surface area (Å²) in [6, 6.07) is 25.2. The van der Waals surface area contributed by atoms with Gasteiger partial charge in [-0.05, 0) is 42.5 Å². The van der Waals surface area contributed by atoms with E-state index in [-0.39, 0.29) is 6.04 Å². The average molecular weight is 442 g/mol. The summed E-state index contributed by atoms with van der Waals surface area (Å²) in [4.78, 5) is 0. The lowest BCUT2D eigenvalue weighted by Crippen LogP contribution is -2.30. The van der Waals surface area contributed by atoms with Crippen LogP contribution in [-0.2, 0) is 11.3 Å². The Morgan fingerprint density at radius 1 is 0.818 bits per heavy atom. The lowest BCUT2D eigenvalue weighted by molar-refractivity contribution is 0.110. The van der Waals surface area contributed by atoms with Gasteiger partial charge in [0.25, 0.3) is 0 Å². The van der Waals surface area contributed by atoms with E-state index >= 15 is 0 Å². The topological polar surface area (TPSA) is 39.7 Å². The number of anilines is 1. The van der Waals surface area contributed by atoms with E-state index in [0.29, 0.717) is 38.3 Å². The summed E-state index contributed by atoms with van der Waals surface area (Å²) < 4.78 is 17.9. The standard InChI is InChI=1S/C29H31NO3/c1-2-31-18-19-32-27-17-9-15-24-22-13-8-14-23(22)28(30-29(24)27)25-12-6-7-16-26(25)33-20-21-10-4-3-5-11-21/h3-13,15-17,22-23,28,30H,2,14,18-20H2,1H3. The molecule has 1 N–H and O–H groups in total. The average Bonchev–Trinajstić information content (AvgIpc) is 3.36. The van der Waals surface area contributed by atoms with E-state index in [1.165, 1.54) is 16.7 Å². The van der Waals surface area contributed by atoms with Crippen LogP contribution in [0.5, 0.6) is 11.5 Å². The predicted octanol–water partition coefficient (Wildman–Crippen LogP) is 6.51. The molecule has 1 aliphatic heterocycles. The molecule has 3 aromatic rings. The normalized spacial score (nSPS) is 20.6. The highest BCUT2D eigenvalue weighted by atomic mass is 16.5. The van der Waals surface area contributed by atoms with Crippen molar-refractivity contribution in [3.63, 3.8) is 0 Å². The Labute approximate surface area is 196 Å². The van der Waals surface area contributed by atoms with Crippen LogP contribution in [0.2, 0.25) is 0 Å². The Bertz CT molecular complexity index is 1100. The third kappa shape index (κ3) is 4.62. The van der Waals surface area contributed by atoms with Gasteiger partial charge in [-0.15, -0.1) is 0 Å². The Hall–Kier alpha value is -3.24. The minimum atomic E-state index is 0.140. The summed E-state index contributed by atoms with van der Waals surface area (Å²) in [5.74, 6) is 2.63. The molecule has 4 nitrogen and oxygen atoms in total.